The van der Waals surface area contributed by atoms with Gasteiger partial charge in [0, 0.05) is 24.8 Å². The molecule has 0 fully saturated rings. The molecule has 1 heterocycles. The number of rotatable bonds is 3. The van der Waals surface area contributed by atoms with Gasteiger partial charge in [0.25, 0.3) is 0 Å². The summed E-state index contributed by atoms with van der Waals surface area (Å²) in [6, 6.07) is 2.51. The fourth-order valence-corrected chi connectivity index (χ4v) is 1.74. The van der Waals surface area contributed by atoms with E-state index in [1.54, 1.807) is 0 Å². The zero-order valence-corrected chi connectivity index (χ0v) is 8.61. The van der Waals surface area contributed by atoms with Crippen molar-refractivity contribution in [1.82, 2.24) is 9.78 Å². The Balaban J connectivity index is 1.95. The van der Waals surface area contributed by atoms with Crippen molar-refractivity contribution in [3.63, 3.8) is 0 Å². The number of hydrogen-bond acceptors (Lipinski definition) is 2. The Bertz CT molecular complexity index is 314. The molecular weight excluding hydrogens is 174 g/mol. The molecule has 1 aliphatic rings. The van der Waals surface area contributed by atoms with Gasteiger partial charge in [-0.1, -0.05) is 12.2 Å². The highest BCUT2D eigenvalue weighted by Crippen LogP contribution is 2.14. The van der Waals surface area contributed by atoms with E-state index in [1.165, 1.54) is 19.3 Å². The molecule has 1 atom stereocenters. The fourth-order valence-electron chi connectivity index (χ4n) is 1.74. The summed E-state index contributed by atoms with van der Waals surface area (Å²) in [6.45, 7) is 3.03. The molecule has 0 radical (unpaired) electrons. The molecule has 14 heavy (non-hydrogen) atoms. The lowest BCUT2D eigenvalue weighted by Gasteiger charge is -2.17. The molecule has 1 aromatic rings. The van der Waals surface area contributed by atoms with E-state index in [9.17, 15) is 0 Å². The normalized spacial score (nSPS) is 21.1. The van der Waals surface area contributed by atoms with Crippen molar-refractivity contribution in [2.75, 3.05) is 5.32 Å². The zero-order chi connectivity index (χ0) is 9.80. The maximum Gasteiger partial charge on any atom is 0.148 e. The van der Waals surface area contributed by atoms with Gasteiger partial charge >= 0.3 is 0 Å². The van der Waals surface area contributed by atoms with Gasteiger partial charge in [0.1, 0.15) is 5.82 Å². The van der Waals surface area contributed by atoms with Crippen LogP contribution >= 0.6 is 0 Å². The highest BCUT2D eigenvalue weighted by atomic mass is 15.3. The average molecular weight is 191 g/mol. The lowest BCUT2D eigenvalue weighted by atomic mass is 10.0. The lowest BCUT2D eigenvalue weighted by molar-refractivity contribution is 0.647. The summed E-state index contributed by atoms with van der Waals surface area (Å²) >= 11 is 0. The number of hydrogen-bond donors (Lipinski definition) is 1. The molecule has 3 nitrogen and oxygen atoms in total. The maximum atomic E-state index is 4.39. The van der Waals surface area contributed by atoms with E-state index in [2.05, 4.69) is 29.5 Å². The van der Waals surface area contributed by atoms with Crippen LogP contribution in [0, 0.1) is 0 Å². The summed E-state index contributed by atoms with van der Waals surface area (Å²) in [5.41, 5.74) is 0. The molecule has 0 amide bonds. The number of allylic oxidation sites excluding steroid dienone is 1. The Labute approximate surface area is 84.8 Å². The molecule has 0 aliphatic heterocycles. The van der Waals surface area contributed by atoms with Crippen molar-refractivity contribution >= 4 is 5.82 Å². The van der Waals surface area contributed by atoms with Crippen LogP contribution in [0.15, 0.2) is 24.4 Å². The largest absolute Gasteiger partial charge is 0.362 e. The van der Waals surface area contributed by atoms with Crippen molar-refractivity contribution < 1.29 is 0 Å². The monoisotopic (exact) mass is 191 g/mol. The van der Waals surface area contributed by atoms with Gasteiger partial charge in [-0.2, -0.15) is 5.10 Å². The minimum absolute atomic E-state index is 0.476. The first-order valence-corrected chi connectivity index (χ1v) is 5.35. The molecule has 0 aromatic carbocycles. The highest BCUT2D eigenvalue weighted by molar-refractivity contribution is 5.35. The second-order valence-corrected chi connectivity index (χ2v) is 3.67. The Kier molecular flexibility index (Phi) is 2.87. The van der Waals surface area contributed by atoms with Crippen LogP contribution in [-0.4, -0.2) is 15.8 Å². The second-order valence-electron chi connectivity index (χ2n) is 3.67. The predicted octanol–water partition coefficient (Wildman–Crippen LogP) is 2.42. The summed E-state index contributed by atoms with van der Waals surface area (Å²) in [6.07, 6.45) is 10.2. The molecule has 1 aliphatic carbocycles. The van der Waals surface area contributed by atoms with Crippen molar-refractivity contribution in [3.05, 3.63) is 24.4 Å². The van der Waals surface area contributed by atoms with E-state index in [-0.39, 0.29) is 0 Å². The standard InChI is InChI=1S/C11H17N3/c1-2-14-9-8-11(13-14)12-10-6-4-3-5-7-10/h4,6,8-10H,2-3,5,7H2,1H3,(H,12,13). The number of aromatic nitrogens is 2. The summed E-state index contributed by atoms with van der Waals surface area (Å²) < 4.78 is 1.94. The fraction of sp³-hybridized carbons (Fsp3) is 0.545. The molecular formula is C11H17N3. The van der Waals surface area contributed by atoms with Gasteiger partial charge in [-0.15, -0.1) is 0 Å². The SMILES string of the molecule is CCn1ccc(NC2C=CCCC2)n1. The number of nitrogens with one attached hydrogen (secondary N) is 1. The summed E-state index contributed by atoms with van der Waals surface area (Å²) in [7, 11) is 0. The third kappa shape index (κ3) is 2.16. The van der Waals surface area contributed by atoms with E-state index >= 15 is 0 Å². The number of aryl methyl sites for hydroxylation is 1. The summed E-state index contributed by atoms with van der Waals surface area (Å²) in [4.78, 5) is 0. The lowest BCUT2D eigenvalue weighted by Crippen LogP contribution is -2.19. The molecule has 1 N–H and O–H groups in total. The van der Waals surface area contributed by atoms with Crippen LogP contribution in [0.3, 0.4) is 0 Å². The molecule has 0 spiro atoms. The van der Waals surface area contributed by atoms with Crippen molar-refractivity contribution in [1.29, 1.82) is 0 Å². The summed E-state index contributed by atoms with van der Waals surface area (Å²) in [5, 5.41) is 7.81. The number of anilines is 1. The first-order valence-electron chi connectivity index (χ1n) is 5.35. The molecule has 0 bridgehead atoms. The minimum Gasteiger partial charge on any atom is -0.362 e. The van der Waals surface area contributed by atoms with E-state index in [4.69, 9.17) is 0 Å². The van der Waals surface area contributed by atoms with Gasteiger partial charge in [-0.25, -0.2) is 0 Å². The summed E-state index contributed by atoms with van der Waals surface area (Å²) in [5.74, 6) is 0.989. The van der Waals surface area contributed by atoms with Crippen molar-refractivity contribution in [3.8, 4) is 0 Å². The quantitative estimate of drug-likeness (QED) is 0.744. The Morgan fingerprint density at radius 2 is 2.57 bits per heavy atom. The van der Waals surface area contributed by atoms with E-state index in [0.717, 1.165) is 12.4 Å². The topological polar surface area (TPSA) is 29.9 Å². The van der Waals surface area contributed by atoms with Crippen molar-refractivity contribution in [2.24, 2.45) is 0 Å². The van der Waals surface area contributed by atoms with Gasteiger partial charge in [0.2, 0.25) is 0 Å². The molecule has 0 saturated carbocycles. The molecule has 2 rings (SSSR count). The predicted molar refractivity (Wildman–Crippen MR) is 58.3 cm³/mol. The molecule has 0 saturated heterocycles. The smallest absolute Gasteiger partial charge is 0.148 e. The van der Waals surface area contributed by atoms with E-state index in [1.807, 2.05) is 16.9 Å². The third-order valence-corrected chi connectivity index (χ3v) is 2.55. The average Bonchev–Trinajstić information content (AvgIpc) is 2.67. The third-order valence-electron chi connectivity index (χ3n) is 2.55. The van der Waals surface area contributed by atoms with Crippen LogP contribution in [-0.2, 0) is 6.54 Å². The van der Waals surface area contributed by atoms with Gasteiger partial charge in [0.15, 0.2) is 0 Å². The Morgan fingerprint density at radius 1 is 1.64 bits per heavy atom. The second kappa shape index (κ2) is 4.31. The minimum atomic E-state index is 0.476. The molecule has 1 aromatic heterocycles. The number of nitrogens with zero attached hydrogens (tertiary/aromatic N) is 2. The van der Waals surface area contributed by atoms with Crippen LogP contribution in [0.5, 0.6) is 0 Å². The van der Waals surface area contributed by atoms with Gasteiger partial charge in [0.05, 0.1) is 0 Å². The van der Waals surface area contributed by atoms with Gasteiger partial charge in [-0.05, 0) is 26.2 Å². The van der Waals surface area contributed by atoms with Crippen LogP contribution in [0.1, 0.15) is 26.2 Å². The first kappa shape index (κ1) is 9.31. The Morgan fingerprint density at radius 3 is 3.21 bits per heavy atom. The van der Waals surface area contributed by atoms with Gasteiger partial charge < -0.3 is 5.32 Å². The Hall–Kier alpha value is -1.25. The van der Waals surface area contributed by atoms with Crippen LogP contribution in [0.4, 0.5) is 5.82 Å². The molecule has 1 unspecified atom stereocenters. The van der Waals surface area contributed by atoms with Gasteiger partial charge in [-0.3, -0.25) is 4.68 Å². The van der Waals surface area contributed by atoms with E-state index < -0.39 is 0 Å². The van der Waals surface area contributed by atoms with Crippen LogP contribution in [0.2, 0.25) is 0 Å². The molecule has 76 valence electrons. The highest BCUT2D eigenvalue weighted by Gasteiger charge is 2.08. The zero-order valence-electron chi connectivity index (χ0n) is 8.61. The molecule has 3 heteroatoms. The van der Waals surface area contributed by atoms with Crippen LogP contribution < -0.4 is 5.32 Å². The van der Waals surface area contributed by atoms with E-state index in [0.29, 0.717) is 6.04 Å². The first-order chi connectivity index (χ1) is 6.88. The van der Waals surface area contributed by atoms with Crippen molar-refractivity contribution in [2.45, 2.75) is 38.8 Å². The maximum absolute atomic E-state index is 4.39. The van der Waals surface area contributed by atoms with Crippen LogP contribution in [0.25, 0.3) is 0 Å².